The van der Waals surface area contributed by atoms with Crippen LogP contribution in [0.3, 0.4) is 0 Å². The molecule has 2 N–H and O–H groups in total. The van der Waals surface area contributed by atoms with Gasteiger partial charge in [-0.15, -0.1) is 35.3 Å². The molecule has 26 heavy (non-hydrogen) atoms. The number of nitrogens with one attached hydrogen (secondary N) is 2. The first-order valence-corrected chi connectivity index (χ1v) is 8.40. The molecule has 144 valence electrons. The van der Waals surface area contributed by atoms with Gasteiger partial charge in [0.05, 0.1) is 6.54 Å². The zero-order valence-electron chi connectivity index (χ0n) is 14.6. The Kier molecular flexibility index (Phi) is 8.60. The Morgan fingerprint density at radius 2 is 1.77 bits per heavy atom. The van der Waals surface area contributed by atoms with Crippen LogP contribution in [0.1, 0.15) is 16.3 Å². The molecule has 1 heterocycles. The maximum absolute atomic E-state index is 12.5. The molecule has 0 aliphatic rings. The van der Waals surface area contributed by atoms with Gasteiger partial charge in [0.25, 0.3) is 0 Å². The number of benzene rings is 1. The fourth-order valence-electron chi connectivity index (χ4n) is 2.00. The lowest BCUT2D eigenvalue weighted by molar-refractivity contribution is -0.140. The number of halogens is 4. The summed E-state index contributed by atoms with van der Waals surface area (Å²) in [6.45, 7) is 0.735. The van der Waals surface area contributed by atoms with Gasteiger partial charge in [-0.3, -0.25) is 4.99 Å². The fraction of sp³-hybridized carbons (Fsp3) is 0.375. The maximum atomic E-state index is 12.5. The number of nitrogens with zero attached hydrogens (tertiary/aromatic N) is 3. The van der Waals surface area contributed by atoms with Crippen LogP contribution in [0.2, 0.25) is 0 Å². The van der Waals surface area contributed by atoms with Crippen molar-refractivity contribution in [3.05, 3.63) is 45.9 Å². The first-order valence-electron chi connectivity index (χ1n) is 7.52. The molecule has 0 spiro atoms. The first-order chi connectivity index (χ1) is 11.8. The predicted octanol–water partition coefficient (Wildman–Crippen LogP) is 3.71. The summed E-state index contributed by atoms with van der Waals surface area (Å²) in [5, 5.41) is 7.45. The molecule has 0 radical (unpaired) electrons. The Balaban J connectivity index is 0.00000338. The van der Waals surface area contributed by atoms with Gasteiger partial charge in [-0.2, -0.15) is 13.2 Å². The SMILES string of the molecule is CN=C(NCc1ccc(N(C)C)cc1)NCc1nc(C(F)(F)F)cs1.I. The van der Waals surface area contributed by atoms with Crippen LogP contribution >= 0.6 is 35.3 Å². The van der Waals surface area contributed by atoms with Crippen molar-refractivity contribution in [1.82, 2.24) is 15.6 Å². The lowest BCUT2D eigenvalue weighted by Gasteiger charge is -2.14. The number of hydrogen-bond acceptors (Lipinski definition) is 4. The van der Waals surface area contributed by atoms with Gasteiger partial charge in [-0.1, -0.05) is 12.1 Å². The molecular weight excluding hydrogens is 478 g/mol. The molecule has 0 saturated heterocycles. The highest BCUT2D eigenvalue weighted by Crippen LogP contribution is 2.29. The van der Waals surface area contributed by atoms with Gasteiger partial charge in [0.15, 0.2) is 11.7 Å². The van der Waals surface area contributed by atoms with Crippen LogP contribution in [-0.2, 0) is 19.3 Å². The van der Waals surface area contributed by atoms with E-state index in [1.165, 1.54) is 0 Å². The molecule has 0 aliphatic carbocycles. The molecule has 5 nitrogen and oxygen atoms in total. The van der Waals surface area contributed by atoms with Crippen LogP contribution in [-0.4, -0.2) is 32.1 Å². The number of aliphatic imine (C=N–C) groups is 1. The minimum absolute atomic E-state index is 0. The largest absolute Gasteiger partial charge is 0.434 e. The summed E-state index contributed by atoms with van der Waals surface area (Å²) >= 11 is 0.967. The molecule has 0 saturated carbocycles. The monoisotopic (exact) mass is 499 g/mol. The standard InChI is InChI=1S/C16H20F3N5S.HI/c1-20-15(21-8-11-4-6-12(7-5-11)24(2)3)22-9-14-23-13(10-25-14)16(17,18)19;/h4-7,10H,8-9H2,1-3H3,(H2,20,21,22);1H. The molecule has 0 fully saturated rings. The van der Waals surface area contributed by atoms with E-state index in [0.29, 0.717) is 17.5 Å². The number of thiazole rings is 1. The number of alkyl halides is 3. The van der Waals surface area contributed by atoms with Gasteiger partial charge in [-0.25, -0.2) is 4.98 Å². The Hall–Kier alpha value is -1.56. The third-order valence-corrected chi connectivity index (χ3v) is 4.23. The molecule has 0 atom stereocenters. The van der Waals surface area contributed by atoms with Crippen molar-refractivity contribution >= 4 is 47.0 Å². The van der Waals surface area contributed by atoms with E-state index in [1.54, 1.807) is 7.05 Å². The smallest absolute Gasteiger partial charge is 0.378 e. The van der Waals surface area contributed by atoms with Crippen molar-refractivity contribution in [2.24, 2.45) is 4.99 Å². The van der Waals surface area contributed by atoms with Gasteiger partial charge in [0, 0.05) is 38.8 Å². The average Bonchev–Trinajstić information content (AvgIpc) is 3.04. The Bertz CT molecular complexity index is 713. The summed E-state index contributed by atoms with van der Waals surface area (Å²) in [6.07, 6.45) is -4.41. The molecule has 2 aromatic rings. The van der Waals surface area contributed by atoms with Crippen molar-refractivity contribution in [2.75, 3.05) is 26.0 Å². The molecule has 0 aliphatic heterocycles. The lowest BCUT2D eigenvalue weighted by atomic mass is 10.2. The van der Waals surface area contributed by atoms with Gasteiger partial charge in [0.2, 0.25) is 0 Å². The zero-order valence-corrected chi connectivity index (χ0v) is 17.7. The van der Waals surface area contributed by atoms with E-state index in [2.05, 4.69) is 20.6 Å². The van der Waals surface area contributed by atoms with E-state index >= 15 is 0 Å². The van der Waals surface area contributed by atoms with Crippen molar-refractivity contribution in [1.29, 1.82) is 0 Å². The van der Waals surface area contributed by atoms with Gasteiger partial charge in [-0.05, 0) is 17.7 Å². The third-order valence-electron chi connectivity index (χ3n) is 3.39. The minimum Gasteiger partial charge on any atom is -0.378 e. The van der Waals surface area contributed by atoms with E-state index in [1.807, 2.05) is 43.3 Å². The second-order valence-corrected chi connectivity index (χ2v) is 6.41. The molecule has 0 unspecified atom stereocenters. The molecule has 10 heteroatoms. The number of anilines is 1. The molecule has 1 aromatic heterocycles. The fourth-order valence-corrected chi connectivity index (χ4v) is 2.74. The summed E-state index contributed by atoms with van der Waals surface area (Å²) in [6, 6.07) is 8.04. The van der Waals surface area contributed by atoms with Crippen LogP contribution < -0.4 is 15.5 Å². The summed E-state index contributed by atoms with van der Waals surface area (Å²) in [4.78, 5) is 9.65. The van der Waals surface area contributed by atoms with Crippen LogP contribution in [0, 0.1) is 0 Å². The molecule has 0 amide bonds. The summed E-state index contributed by atoms with van der Waals surface area (Å²) < 4.78 is 37.6. The predicted molar refractivity (Wildman–Crippen MR) is 110 cm³/mol. The number of guanidine groups is 1. The van der Waals surface area contributed by atoms with Crippen molar-refractivity contribution in [2.45, 2.75) is 19.3 Å². The van der Waals surface area contributed by atoms with E-state index in [-0.39, 0.29) is 30.5 Å². The highest BCUT2D eigenvalue weighted by molar-refractivity contribution is 14.0. The lowest BCUT2D eigenvalue weighted by Crippen LogP contribution is -2.36. The Labute approximate surface area is 171 Å². The number of hydrogen-bond donors (Lipinski definition) is 2. The van der Waals surface area contributed by atoms with Crippen LogP contribution in [0.15, 0.2) is 34.6 Å². The first kappa shape index (κ1) is 22.5. The molecule has 2 rings (SSSR count). The average molecular weight is 499 g/mol. The molecular formula is C16H21F3IN5S. The van der Waals surface area contributed by atoms with Gasteiger partial charge in [0.1, 0.15) is 5.01 Å². The normalized spacial score (nSPS) is 11.7. The van der Waals surface area contributed by atoms with E-state index in [9.17, 15) is 13.2 Å². The second-order valence-electron chi connectivity index (χ2n) is 5.46. The van der Waals surface area contributed by atoms with E-state index < -0.39 is 11.9 Å². The van der Waals surface area contributed by atoms with Gasteiger partial charge < -0.3 is 15.5 Å². The van der Waals surface area contributed by atoms with Crippen LogP contribution in [0.4, 0.5) is 18.9 Å². The highest BCUT2D eigenvalue weighted by Gasteiger charge is 2.33. The maximum Gasteiger partial charge on any atom is 0.434 e. The molecule has 1 aromatic carbocycles. The van der Waals surface area contributed by atoms with E-state index in [4.69, 9.17) is 0 Å². The number of aromatic nitrogens is 1. The topological polar surface area (TPSA) is 52.6 Å². The summed E-state index contributed by atoms with van der Waals surface area (Å²) in [7, 11) is 5.55. The number of rotatable bonds is 5. The van der Waals surface area contributed by atoms with Crippen molar-refractivity contribution in [3.8, 4) is 0 Å². The summed E-state index contributed by atoms with van der Waals surface area (Å²) in [5.74, 6) is 0.500. The Morgan fingerprint density at radius 3 is 2.27 bits per heavy atom. The van der Waals surface area contributed by atoms with E-state index in [0.717, 1.165) is 28.0 Å². The summed E-state index contributed by atoms with van der Waals surface area (Å²) in [5.41, 5.74) is 1.32. The van der Waals surface area contributed by atoms with Crippen molar-refractivity contribution < 1.29 is 13.2 Å². The highest BCUT2D eigenvalue weighted by atomic mass is 127. The molecule has 0 bridgehead atoms. The van der Waals surface area contributed by atoms with Gasteiger partial charge >= 0.3 is 6.18 Å². The van der Waals surface area contributed by atoms with Crippen molar-refractivity contribution in [3.63, 3.8) is 0 Å². The second kappa shape index (κ2) is 9.95. The van der Waals surface area contributed by atoms with Crippen LogP contribution in [0.25, 0.3) is 0 Å². The Morgan fingerprint density at radius 1 is 1.15 bits per heavy atom. The third kappa shape index (κ3) is 6.63. The zero-order chi connectivity index (χ0) is 18.4. The van der Waals surface area contributed by atoms with Crippen LogP contribution in [0.5, 0.6) is 0 Å². The minimum atomic E-state index is -4.41. The quantitative estimate of drug-likeness (QED) is 0.374.